The van der Waals surface area contributed by atoms with Crippen LogP contribution in [0.1, 0.15) is 47.5 Å². The van der Waals surface area contributed by atoms with Crippen LogP contribution in [0.5, 0.6) is 0 Å². The molecular weight excluding hydrogens is 252 g/mol. The number of carbonyl (C=O) groups is 1. The van der Waals surface area contributed by atoms with Crippen LogP contribution < -0.4 is 5.32 Å². The van der Waals surface area contributed by atoms with Crippen LogP contribution in [-0.4, -0.2) is 49.2 Å². The van der Waals surface area contributed by atoms with Crippen molar-refractivity contribution in [3.05, 3.63) is 0 Å². The normalized spacial score (nSPS) is 26.4. The maximum Gasteiger partial charge on any atom is 0.326 e. The molecule has 1 N–H and O–H groups in total. The predicted molar refractivity (Wildman–Crippen MR) is 82.7 cm³/mol. The van der Waals surface area contributed by atoms with Gasteiger partial charge in [0.1, 0.15) is 5.54 Å². The standard InChI is InChI=1S/C16H32N2O2/c1-6-9-17-16(5,15(19)20-7-2)8-10-18-11-13(3)14(4)12-18/h13-14,17H,6-12H2,1-5H3. The van der Waals surface area contributed by atoms with Crippen LogP contribution >= 0.6 is 0 Å². The highest BCUT2D eigenvalue weighted by molar-refractivity contribution is 5.80. The first kappa shape index (κ1) is 17.4. The molecule has 0 saturated carbocycles. The summed E-state index contributed by atoms with van der Waals surface area (Å²) in [4.78, 5) is 14.7. The van der Waals surface area contributed by atoms with Crippen molar-refractivity contribution in [1.29, 1.82) is 0 Å². The second-order valence-electron chi connectivity index (χ2n) is 6.44. The second kappa shape index (κ2) is 7.99. The molecule has 1 aliphatic rings. The monoisotopic (exact) mass is 284 g/mol. The van der Waals surface area contributed by atoms with Crippen LogP contribution in [-0.2, 0) is 9.53 Å². The summed E-state index contributed by atoms with van der Waals surface area (Å²) in [5, 5.41) is 3.38. The summed E-state index contributed by atoms with van der Waals surface area (Å²) >= 11 is 0. The van der Waals surface area contributed by atoms with Crippen molar-refractivity contribution < 1.29 is 9.53 Å². The van der Waals surface area contributed by atoms with Gasteiger partial charge in [0.05, 0.1) is 6.61 Å². The topological polar surface area (TPSA) is 41.6 Å². The number of hydrogen-bond donors (Lipinski definition) is 1. The number of hydrogen-bond acceptors (Lipinski definition) is 4. The third kappa shape index (κ3) is 4.74. The zero-order valence-corrected chi connectivity index (χ0v) is 13.9. The highest BCUT2D eigenvalue weighted by Crippen LogP contribution is 2.23. The number of rotatable bonds is 8. The fraction of sp³-hybridized carbons (Fsp3) is 0.938. The van der Waals surface area contributed by atoms with E-state index < -0.39 is 5.54 Å². The van der Waals surface area contributed by atoms with Crippen molar-refractivity contribution in [2.75, 3.05) is 32.8 Å². The lowest BCUT2D eigenvalue weighted by Crippen LogP contribution is -2.52. The number of esters is 1. The summed E-state index contributed by atoms with van der Waals surface area (Å²) in [7, 11) is 0. The minimum absolute atomic E-state index is 0.117. The lowest BCUT2D eigenvalue weighted by atomic mass is 9.97. The molecule has 4 nitrogen and oxygen atoms in total. The molecule has 0 radical (unpaired) electrons. The molecule has 20 heavy (non-hydrogen) atoms. The van der Waals surface area contributed by atoms with Gasteiger partial charge in [0.25, 0.3) is 0 Å². The van der Waals surface area contributed by atoms with Gasteiger partial charge in [0, 0.05) is 19.6 Å². The number of nitrogens with zero attached hydrogens (tertiary/aromatic N) is 1. The fourth-order valence-corrected chi connectivity index (χ4v) is 2.77. The Labute approximate surface area is 124 Å². The smallest absolute Gasteiger partial charge is 0.326 e. The van der Waals surface area contributed by atoms with Gasteiger partial charge >= 0.3 is 5.97 Å². The Morgan fingerprint density at radius 3 is 2.40 bits per heavy atom. The molecule has 118 valence electrons. The van der Waals surface area contributed by atoms with Crippen LogP contribution in [0.3, 0.4) is 0 Å². The van der Waals surface area contributed by atoms with E-state index in [1.807, 2.05) is 13.8 Å². The van der Waals surface area contributed by atoms with E-state index in [1.165, 1.54) is 0 Å². The van der Waals surface area contributed by atoms with E-state index in [1.54, 1.807) is 0 Å². The average Bonchev–Trinajstić information content (AvgIpc) is 2.73. The van der Waals surface area contributed by atoms with Gasteiger partial charge in [-0.15, -0.1) is 0 Å². The SMILES string of the molecule is CCCNC(C)(CCN1CC(C)C(C)C1)C(=O)OCC. The predicted octanol–water partition coefficient (Wildman–Crippen LogP) is 2.29. The number of nitrogens with one attached hydrogen (secondary N) is 1. The quantitative estimate of drug-likeness (QED) is 0.694. The first-order chi connectivity index (χ1) is 9.42. The summed E-state index contributed by atoms with van der Waals surface area (Å²) in [6, 6.07) is 0. The van der Waals surface area contributed by atoms with E-state index >= 15 is 0 Å². The highest BCUT2D eigenvalue weighted by Gasteiger charge is 2.35. The third-order valence-electron chi connectivity index (χ3n) is 4.48. The van der Waals surface area contributed by atoms with Crippen LogP contribution in [0, 0.1) is 11.8 Å². The van der Waals surface area contributed by atoms with Gasteiger partial charge in [-0.05, 0) is 45.1 Å². The van der Waals surface area contributed by atoms with E-state index in [-0.39, 0.29) is 5.97 Å². The molecule has 1 heterocycles. The van der Waals surface area contributed by atoms with Gasteiger partial charge in [-0.3, -0.25) is 4.79 Å². The van der Waals surface area contributed by atoms with Gasteiger partial charge < -0.3 is 15.0 Å². The zero-order valence-electron chi connectivity index (χ0n) is 13.9. The molecule has 3 unspecified atom stereocenters. The van der Waals surface area contributed by atoms with E-state index in [0.717, 1.165) is 50.9 Å². The minimum atomic E-state index is -0.554. The molecule has 0 bridgehead atoms. The van der Waals surface area contributed by atoms with Crippen molar-refractivity contribution >= 4 is 5.97 Å². The molecule has 1 rings (SSSR count). The van der Waals surface area contributed by atoms with Crippen LogP contribution in [0.25, 0.3) is 0 Å². The number of ether oxygens (including phenoxy) is 1. The molecule has 0 amide bonds. The van der Waals surface area contributed by atoms with Gasteiger partial charge in [0.15, 0.2) is 0 Å². The third-order valence-corrected chi connectivity index (χ3v) is 4.48. The fourth-order valence-electron chi connectivity index (χ4n) is 2.77. The van der Waals surface area contributed by atoms with Gasteiger partial charge in [-0.1, -0.05) is 20.8 Å². The first-order valence-electron chi connectivity index (χ1n) is 8.07. The molecular formula is C16H32N2O2. The van der Waals surface area contributed by atoms with Crippen molar-refractivity contribution in [1.82, 2.24) is 10.2 Å². The van der Waals surface area contributed by atoms with Crippen LogP contribution in [0.4, 0.5) is 0 Å². The minimum Gasteiger partial charge on any atom is -0.465 e. The van der Waals surface area contributed by atoms with E-state index in [0.29, 0.717) is 6.61 Å². The molecule has 3 atom stereocenters. The lowest BCUT2D eigenvalue weighted by Gasteiger charge is -2.30. The molecule has 0 aromatic carbocycles. The Morgan fingerprint density at radius 2 is 1.90 bits per heavy atom. The largest absolute Gasteiger partial charge is 0.465 e. The summed E-state index contributed by atoms with van der Waals surface area (Å²) in [5.41, 5.74) is -0.554. The second-order valence-corrected chi connectivity index (χ2v) is 6.44. The molecule has 0 aliphatic carbocycles. The molecule has 0 aromatic heterocycles. The number of carbonyl (C=O) groups excluding carboxylic acids is 1. The van der Waals surface area contributed by atoms with Crippen molar-refractivity contribution in [3.8, 4) is 0 Å². The van der Waals surface area contributed by atoms with Crippen molar-refractivity contribution in [3.63, 3.8) is 0 Å². The maximum absolute atomic E-state index is 12.2. The van der Waals surface area contributed by atoms with E-state index in [2.05, 4.69) is 31.0 Å². The van der Waals surface area contributed by atoms with Crippen molar-refractivity contribution in [2.45, 2.75) is 53.0 Å². The molecule has 0 spiro atoms. The molecule has 1 aliphatic heterocycles. The van der Waals surface area contributed by atoms with Gasteiger partial charge in [-0.25, -0.2) is 0 Å². The molecule has 0 aromatic rings. The Kier molecular flexibility index (Phi) is 6.96. The van der Waals surface area contributed by atoms with E-state index in [4.69, 9.17) is 4.74 Å². The highest BCUT2D eigenvalue weighted by atomic mass is 16.5. The molecule has 4 heteroatoms. The van der Waals surface area contributed by atoms with E-state index in [9.17, 15) is 4.79 Å². The lowest BCUT2D eigenvalue weighted by molar-refractivity contribution is -0.151. The summed E-state index contributed by atoms with van der Waals surface area (Å²) in [6.07, 6.45) is 1.83. The summed E-state index contributed by atoms with van der Waals surface area (Å²) in [6.45, 7) is 15.1. The van der Waals surface area contributed by atoms with Crippen LogP contribution in [0.2, 0.25) is 0 Å². The number of likely N-dealkylation sites (tertiary alicyclic amines) is 1. The Hall–Kier alpha value is -0.610. The van der Waals surface area contributed by atoms with Crippen molar-refractivity contribution in [2.24, 2.45) is 11.8 Å². The van der Waals surface area contributed by atoms with Gasteiger partial charge in [-0.2, -0.15) is 0 Å². The Bertz CT molecular complexity index is 299. The maximum atomic E-state index is 12.2. The average molecular weight is 284 g/mol. The van der Waals surface area contributed by atoms with Gasteiger partial charge in [0.2, 0.25) is 0 Å². The van der Waals surface area contributed by atoms with Crippen LogP contribution in [0.15, 0.2) is 0 Å². The molecule has 1 saturated heterocycles. The first-order valence-corrected chi connectivity index (χ1v) is 8.07. The summed E-state index contributed by atoms with van der Waals surface area (Å²) in [5.74, 6) is 1.40. The summed E-state index contributed by atoms with van der Waals surface area (Å²) < 4.78 is 5.24. The zero-order chi connectivity index (χ0) is 15.2. The molecule has 1 fully saturated rings. The Balaban J connectivity index is 2.54. The Morgan fingerprint density at radius 1 is 1.30 bits per heavy atom.